The van der Waals surface area contributed by atoms with Crippen molar-refractivity contribution in [2.24, 2.45) is 0 Å². The van der Waals surface area contributed by atoms with Gasteiger partial charge in [0.25, 0.3) is 5.91 Å². The molecule has 1 aromatic carbocycles. The van der Waals surface area contributed by atoms with E-state index in [1.54, 1.807) is 13.8 Å². The van der Waals surface area contributed by atoms with Gasteiger partial charge in [0.05, 0.1) is 25.9 Å². The summed E-state index contributed by atoms with van der Waals surface area (Å²) in [5, 5.41) is 20.9. The smallest absolute Gasteiger partial charge is 0.328 e. The highest BCUT2D eigenvalue weighted by atomic mass is 16.5. The first-order valence-electron chi connectivity index (χ1n) is 8.13. The molecule has 0 heterocycles. The van der Waals surface area contributed by atoms with Gasteiger partial charge in [-0.15, -0.1) is 0 Å². The highest BCUT2D eigenvalue weighted by molar-refractivity contribution is 5.97. The van der Waals surface area contributed by atoms with Crippen LogP contribution in [-0.2, 0) is 4.79 Å². The van der Waals surface area contributed by atoms with E-state index in [2.05, 4.69) is 5.32 Å². The van der Waals surface area contributed by atoms with Crippen molar-refractivity contribution in [3.63, 3.8) is 0 Å². The second-order valence-corrected chi connectivity index (χ2v) is 5.13. The second-order valence-electron chi connectivity index (χ2n) is 5.13. The summed E-state index contributed by atoms with van der Waals surface area (Å²) >= 11 is 0. The minimum Gasteiger partial charge on any atom is -0.490 e. The van der Waals surface area contributed by atoms with Crippen LogP contribution in [-0.4, -0.2) is 54.1 Å². The normalized spacial score (nSPS) is 12.8. The molecule has 25 heavy (non-hydrogen) atoms. The van der Waals surface area contributed by atoms with Crippen LogP contribution in [0.3, 0.4) is 0 Å². The lowest BCUT2D eigenvalue weighted by Crippen LogP contribution is -2.47. The molecule has 140 valence electrons. The molecule has 0 aliphatic rings. The average Bonchev–Trinajstić information content (AvgIpc) is 2.54. The maximum Gasteiger partial charge on any atom is 0.328 e. The Morgan fingerprint density at radius 1 is 1.04 bits per heavy atom. The van der Waals surface area contributed by atoms with Gasteiger partial charge >= 0.3 is 5.97 Å². The van der Waals surface area contributed by atoms with Crippen LogP contribution >= 0.6 is 0 Å². The van der Waals surface area contributed by atoms with Crippen molar-refractivity contribution in [3.8, 4) is 17.2 Å². The first-order valence-corrected chi connectivity index (χ1v) is 8.13. The highest BCUT2D eigenvalue weighted by Gasteiger charge is 2.26. The molecule has 0 spiro atoms. The molecule has 2 atom stereocenters. The minimum atomic E-state index is -1.43. The number of rotatable bonds is 10. The van der Waals surface area contributed by atoms with E-state index in [0.29, 0.717) is 37.1 Å². The Kier molecular flexibility index (Phi) is 8.00. The topological polar surface area (TPSA) is 114 Å². The van der Waals surface area contributed by atoms with Crippen molar-refractivity contribution in [3.05, 3.63) is 17.7 Å². The van der Waals surface area contributed by atoms with Gasteiger partial charge in [0.1, 0.15) is 0 Å². The summed E-state index contributed by atoms with van der Waals surface area (Å²) in [7, 11) is 0. The Hall–Kier alpha value is -2.48. The van der Waals surface area contributed by atoms with E-state index < -0.39 is 24.0 Å². The molecule has 0 aliphatic carbocycles. The van der Waals surface area contributed by atoms with E-state index in [1.165, 1.54) is 19.1 Å². The monoisotopic (exact) mass is 355 g/mol. The predicted molar refractivity (Wildman–Crippen MR) is 90.5 cm³/mol. The summed E-state index contributed by atoms with van der Waals surface area (Å²) in [6, 6.07) is 1.48. The van der Waals surface area contributed by atoms with Crippen LogP contribution in [0.15, 0.2) is 12.1 Å². The highest BCUT2D eigenvalue weighted by Crippen LogP contribution is 2.39. The Bertz CT molecular complexity index is 574. The van der Waals surface area contributed by atoms with Gasteiger partial charge in [-0.2, -0.15) is 0 Å². The summed E-state index contributed by atoms with van der Waals surface area (Å²) in [4.78, 5) is 23.6. The van der Waals surface area contributed by atoms with Crippen LogP contribution in [0, 0.1) is 0 Å². The zero-order valence-electron chi connectivity index (χ0n) is 14.9. The molecule has 0 fully saturated rings. The number of amides is 1. The Balaban J connectivity index is 3.25. The van der Waals surface area contributed by atoms with Crippen LogP contribution < -0.4 is 19.5 Å². The fourth-order valence-electron chi connectivity index (χ4n) is 2.13. The summed E-state index contributed by atoms with van der Waals surface area (Å²) in [6.07, 6.45) is -1.25. The lowest BCUT2D eigenvalue weighted by atomic mass is 10.1. The number of ether oxygens (including phenoxy) is 3. The van der Waals surface area contributed by atoms with Crippen LogP contribution in [0.4, 0.5) is 0 Å². The quantitative estimate of drug-likeness (QED) is 0.582. The Labute approximate surface area is 146 Å². The molecule has 0 saturated carbocycles. The van der Waals surface area contributed by atoms with Crippen molar-refractivity contribution in [1.29, 1.82) is 0 Å². The van der Waals surface area contributed by atoms with Gasteiger partial charge in [-0.3, -0.25) is 4.79 Å². The van der Waals surface area contributed by atoms with E-state index >= 15 is 0 Å². The van der Waals surface area contributed by atoms with Gasteiger partial charge < -0.3 is 29.7 Å². The molecule has 8 heteroatoms. The van der Waals surface area contributed by atoms with E-state index in [-0.39, 0.29) is 5.56 Å². The number of carbonyl (C=O) groups is 2. The van der Waals surface area contributed by atoms with Crippen molar-refractivity contribution in [1.82, 2.24) is 5.32 Å². The standard InChI is InChI=1S/C17H25NO7/c1-5-23-12-8-11(9-13(24-6-2)15(12)25-7-3)16(20)18-14(10(4)19)17(21)22/h8-10,14,19H,5-7H2,1-4H3,(H,18,20)(H,21,22). The zero-order valence-corrected chi connectivity index (χ0v) is 14.9. The lowest BCUT2D eigenvalue weighted by Gasteiger charge is -2.19. The number of aliphatic hydroxyl groups excluding tert-OH is 1. The minimum absolute atomic E-state index is 0.141. The van der Waals surface area contributed by atoms with Crippen LogP contribution in [0.2, 0.25) is 0 Å². The lowest BCUT2D eigenvalue weighted by molar-refractivity contribution is -0.141. The van der Waals surface area contributed by atoms with Gasteiger partial charge in [-0.05, 0) is 39.8 Å². The maximum absolute atomic E-state index is 12.4. The molecular weight excluding hydrogens is 330 g/mol. The number of aliphatic carboxylic acids is 1. The van der Waals surface area contributed by atoms with E-state index in [0.717, 1.165) is 0 Å². The van der Waals surface area contributed by atoms with Gasteiger partial charge in [0, 0.05) is 5.56 Å². The SMILES string of the molecule is CCOc1cc(C(=O)NC(C(=O)O)C(C)O)cc(OCC)c1OCC. The molecule has 1 aromatic rings. The third kappa shape index (κ3) is 5.53. The molecule has 0 aliphatic heterocycles. The molecule has 0 saturated heterocycles. The zero-order chi connectivity index (χ0) is 19.0. The summed E-state index contributed by atoms with van der Waals surface area (Å²) < 4.78 is 16.6. The van der Waals surface area contributed by atoms with E-state index in [1.807, 2.05) is 6.92 Å². The average molecular weight is 355 g/mol. The number of hydrogen-bond acceptors (Lipinski definition) is 6. The molecule has 8 nitrogen and oxygen atoms in total. The first-order chi connectivity index (χ1) is 11.8. The molecule has 0 radical (unpaired) electrons. The Morgan fingerprint density at radius 3 is 1.88 bits per heavy atom. The molecule has 2 unspecified atom stereocenters. The van der Waals surface area contributed by atoms with Gasteiger partial charge in [0.2, 0.25) is 5.75 Å². The third-order valence-corrected chi connectivity index (χ3v) is 3.21. The summed E-state index contributed by atoms with van der Waals surface area (Å²) in [5.74, 6) is -0.968. The van der Waals surface area contributed by atoms with E-state index in [4.69, 9.17) is 19.3 Å². The number of benzene rings is 1. The van der Waals surface area contributed by atoms with Crippen LogP contribution in [0.25, 0.3) is 0 Å². The van der Waals surface area contributed by atoms with Crippen LogP contribution in [0.5, 0.6) is 17.2 Å². The van der Waals surface area contributed by atoms with E-state index in [9.17, 15) is 14.7 Å². The first kappa shape index (κ1) is 20.6. The maximum atomic E-state index is 12.4. The number of nitrogens with one attached hydrogen (secondary N) is 1. The second kappa shape index (κ2) is 9.73. The van der Waals surface area contributed by atoms with Gasteiger partial charge in [-0.25, -0.2) is 4.79 Å². The number of hydrogen-bond donors (Lipinski definition) is 3. The fourth-order valence-corrected chi connectivity index (χ4v) is 2.13. The van der Waals surface area contributed by atoms with Crippen molar-refractivity contribution < 1.29 is 34.0 Å². The molecule has 1 rings (SSSR count). The molecule has 0 bridgehead atoms. The predicted octanol–water partition coefficient (Wildman–Crippen LogP) is 1.45. The third-order valence-electron chi connectivity index (χ3n) is 3.21. The number of carboxylic acids is 1. The fraction of sp³-hybridized carbons (Fsp3) is 0.529. The molecule has 3 N–H and O–H groups in total. The molecule has 1 amide bonds. The Morgan fingerprint density at radius 2 is 1.52 bits per heavy atom. The van der Waals surface area contributed by atoms with Crippen molar-refractivity contribution in [2.75, 3.05) is 19.8 Å². The number of aliphatic hydroxyl groups is 1. The largest absolute Gasteiger partial charge is 0.490 e. The van der Waals surface area contributed by atoms with Gasteiger partial charge in [0.15, 0.2) is 17.5 Å². The number of carbonyl (C=O) groups excluding carboxylic acids is 1. The van der Waals surface area contributed by atoms with Gasteiger partial charge in [-0.1, -0.05) is 0 Å². The van der Waals surface area contributed by atoms with Crippen molar-refractivity contribution in [2.45, 2.75) is 39.8 Å². The number of carboxylic acid groups (broad SMARTS) is 1. The summed E-state index contributed by atoms with van der Waals surface area (Å²) in [5.41, 5.74) is 0.141. The van der Waals surface area contributed by atoms with Crippen molar-refractivity contribution >= 4 is 11.9 Å². The molecular formula is C17H25NO7. The summed E-state index contributed by atoms with van der Waals surface area (Å²) in [6.45, 7) is 7.76. The molecule has 0 aromatic heterocycles. The van der Waals surface area contributed by atoms with Crippen LogP contribution in [0.1, 0.15) is 38.1 Å².